The van der Waals surface area contributed by atoms with Gasteiger partial charge in [-0.2, -0.15) is 12.6 Å². The van der Waals surface area contributed by atoms with Crippen molar-refractivity contribution in [2.24, 2.45) is 0 Å². The van der Waals surface area contributed by atoms with Gasteiger partial charge in [0, 0.05) is 5.75 Å². The third-order valence-electron chi connectivity index (χ3n) is 1.14. The fourth-order valence-corrected chi connectivity index (χ4v) is 0.818. The van der Waals surface area contributed by atoms with Crippen LogP contribution in [0.4, 0.5) is 5.95 Å². The minimum absolute atomic E-state index is 0.163. The van der Waals surface area contributed by atoms with Crippen LogP contribution in [0.3, 0.4) is 0 Å². The van der Waals surface area contributed by atoms with E-state index >= 15 is 0 Å². The Hall–Kier alpha value is -1.00. The number of anilines is 1. The molecule has 8 nitrogen and oxygen atoms in total. The first-order valence-electron chi connectivity index (χ1n) is 4.06. The van der Waals surface area contributed by atoms with Crippen molar-refractivity contribution in [3.63, 3.8) is 0 Å². The predicted octanol–water partition coefficient (Wildman–Crippen LogP) is -1.01. The largest absolute Gasteiger partial charge is 0.617 e. The van der Waals surface area contributed by atoms with Crippen molar-refractivity contribution in [2.75, 3.05) is 23.6 Å². The highest BCUT2D eigenvalue weighted by Gasteiger charge is 2.15. The van der Waals surface area contributed by atoms with Crippen molar-refractivity contribution in [3.05, 3.63) is 0 Å². The molecule has 0 saturated carbocycles. The summed E-state index contributed by atoms with van der Waals surface area (Å²) in [6, 6.07) is -0.789. The smallest absolute Gasteiger partial charge is 0.327 e. The first kappa shape index (κ1) is 15.0. The summed E-state index contributed by atoms with van der Waals surface area (Å²) in [6.45, 7) is 0. The highest BCUT2D eigenvalue weighted by atomic mass is 32.2. The monoisotopic (exact) mass is 267 g/mol. The SMILES string of the molecule is C[S+](C)[O-].O=C(O)[C@H](CS)Nc1nnn[nH]1. The Balaban J connectivity index is 0.000000487. The Morgan fingerprint density at radius 2 is 2.31 bits per heavy atom. The molecule has 3 N–H and O–H groups in total. The summed E-state index contributed by atoms with van der Waals surface area (Å²) in [5, 5.41) is 23.5. The van der Waals surface area contributed by atoms with E-state index in [0.717, 1.165) is 0 Å². The fourth-order valence-electron chi connectivity index (χ4n) is 0.571. The van der Waals surface area contributed by atoms with Crippen molar-refractivity contribution < 1.29 is 14.5 Å². The van der Waals surface area contributed by atoms with E-state index in [1.165, 1.54) is 0 Å². The lowest BCUT2D eigenvalue weighted by Crippen LogP contribution is -2.31. The second-order valence-corrected chi connectivity index (χ2v) is 4.56. The molecule has 0 unspecified atom stereocenters. The maximum Gasteiger partial charge on any atom is 0.327 e. The number of rotatable bonds is 4. The van der Waals surface area contributed by atoms with Gasteiger partial charge in [-0.25, -0.2) is 9.89 Å². The average Bonchev–Trinajstić information content (AvgIpc) is 2.65. The van der Waals surface area contributed by atoms with Crippen LogP contribution in [0.15, 0.2) is 0 Å². The van der Waals surface area contributed by atoms with Crippen LogP contribution >= 0.6 is 12.6 Å². The summed E-state index contributed by atoms with van der Waals surface area (Å²) in [4.78, 5) is 10.5. The molecule has 0 saturated heterocycles. The summed E-state index contributed by atoms with van der Waals surface area (Å²) < 4.78 is 9.56. The first-order valence-corrected chi connectivity index (χ1v) is 6.66. The summed E-state index contributed by atoms with van der Waals surface area (Å²) >= 11 is 3.23. The number of hydrogen-bond acceptors (Lipinski definition) is 7. The minimum atomic E-state index is -0.999. The molecule has 0 aliphatic rings. The van der Waals surface area contributed by atoms with Gasteiger partial charge in [-0.1, -0.05) is 16.3 Å². The summed E-state index contributed by atoms with van der Waals surface area (Å²) in [6.07, 6.45) is 3.28. The number of aromatic nitrogens is 4. The molecule has 0 fully saturated rings. The molecule has 0 aliphatic carbocycles. The van der Waals surface area contributed by atoms with Gasteiger partial charge in [0.2, 0.25) is 5.95 Å². The van der Waals surface area contributed by atoms with Gasteiger partial charge in [-0.05, 0) is 10.4 Å². The highest BCUT2D eigenvalue weighted by Crippen LogP contribution is 1.97. The number of nitrogens with zero attached hydrogens (tertiary/aromatic N) is 3. The number of aliphatic carboxylic acids is 1. The Bertz CT molecular complexity index is 292. The standard InChI is InChI=1S/C4H7N5O2S.C2H6OS/c10-3(11)2(1-12)5-4-6-8-9-7-4;1-4(2)3/h2,12H,1H2,(H,10,11)(H2,5,6,7,8,9);1-2H3/t2-;/m0./s1. The van der Waals surface area contributed by atoms with E-state index in [1.807, 2.05) is 0 Å². The Labute approximate surface area is 101 Å². The van der Waals surface area contributed by atoms with Crippen LogP contribution in [0.2, 0.25) is 0 Å². The van der Waals surface area contributed by atoms with E-state index < -0.39 is 23.2 Å². The van der Waals surface area contributed by atoms with E-state index in [-0.39, 0.29) is 11.7 Å². The number of nitrogens with one attached hydrogen (secondary N) is 2. The van der Waals surface area contributed by atoms with Crippen molar-refractivity contribution >= 4 is 35.7 Å². The van der Waals surface area contributed by atoms with Crippen LogP contribution in [0.25, 0.3) is 0 Å². The number of tetrazole rings is 1. The molecule has 0 spiro atoms. The van der Waals surface area contributed by atoms with Gasteiger partial charge in [0.15, 0.2) is 0 Å². The number of aromatic amines is 1. The molecule has 0 radical (unpaired) electrons. The van der Waals surface area contributed by atoms with Crippen LogP contribution in [-0.4, -0.2) is 60.6 Å². The third kappa shape index (κ3) is 7.31. The molecule has 10 heteroatoms. The Morgan fingerprint density at radius 3 is 2.62 bits per heavy atom. The van der Waals surface area contributed by atoms with E-state index in [1.54, 1.807) is 12.5 Å². The van der Waals surface area contributed by atoms with Crippen molar-refractivity contribution in [1.29, 1.82) is 0 Å². The number of carboxylic acids is 1. The van der Waals surface area contributed by atoms with Gasteiger partial charge < -0.3 is 15.0 Å². The Morgan fingerprint density at radius 1 is 1.75 bits per heavy atom. The van der Waals surface area contributed by atoms with Gasteiger partial charge in [-0.3, -0.25) is 0 Å². The molecule has 1 rings (SSSR count). The van der Waals surface area contributed by atoms with Crippen molar-refractivity contribution in [1.82, 2.24) is 20.6 Å². The molecule has 1 aromatic heterocycles. The highest BCUT2D eigenvalue weighted by molar-refractivity contribution is 7.89. The fraction of sp³-hybridized carbons (Fsp3) is 0.667. The maximum absolute atomic E-state index is 10.5. The minimum Gasteiger partial charge on any atom is -0.617 e. The van der Waals surface area contributed by atoms with Gasteiger partial charge >= 0.3 is 5.97 Å². The molecule has 1 heterocycles. The lowest BCUT2D eigenvalue weighted by molar-refractivity contribution is -0.137. The zero-order valence-electron chi connectivity index (χ0n) is 8.75. The van der Waals surface area contributed by atoms with Crippen molar-refractivity contribution in [3.8, 4) is 0 Å². The summed E-state index contributed by atoms with van der Waals surface area (Å²) in [5.41, 5.74) is 0. The third-order valence-corrected chi connectivity index (χ3v) is 1.50. The lowest BCUT2D eigenvalue weighted by atomic mass is 10.3. The van der Waals surface area contributed by atoms with Gasteiger partial charge in [0.05, 0.1) is 12.5 Å². The zero-order valence-corrected chi connectivity index (χ0v) is 10.5. The van der Waals surface area contributed by atoms with Crippen LogP contribution in [0.5, 0.6) is 0 Å². The van der Waals surface area contributed by atoms with Crippen LogP contribution in [0.1, 0.15) is 0 Å². The van der Waals surface area contributed by atoms with E-state index in [2.05, 4.69) is 38.6 Å². The quantitative estimate of drug-likeness (QED) is 0.406. The molecular formula is C6H13N5O3S2. The summed E-state index contributed by atoms with van der Waals surface area (Å²) in [5.74, 6) is -0.617. The Kier molecular flexibility index (Phi) is 7.68. The molecule has 92 valence electrons. The second kappa shape index (κ2) is 8.19. The number of thiol groups is 1. The second-order valence-electron chi connectivity index (χ2n) is 2.71. The van der Waals surface area contributed by atoms with E-state index in [0.29, 0.717) is 0 Å². The average molecular weight is 267 g/mol. The molecule has 1 atom stereocenters. The van der Waals surface area contributed by atoms with Crippen LogP contribution in [-0.2, 0) is 16.0 Å². The molecular weight excluding hydrogens is 254 g/mol. The van der Waals surface area contributed by atoms with Crippen LogP contribution < -0.4 is 5.32 Å². The maximum atomic E-state index is 10.5. The number of carbonyl (C=O) groups is 1. The van der Waals surface area contributed by atoms with Crippen molar-refractivity contribution in [2.45, 2.75) is 6.04 Å². The molecule has 0 bridgehead atoms. The first-order chi connectivity index (χ1) is 7.47. The van der Waals surface area contributed by atoms with Crippen LogP contribution in [0, 0.1) is 0 Å². The zero-order chi connectivity index (χ0) is 12.6. The van der Waals surface area contributed by atoms with Gasteiger partial charge in [-0.15, -0.1) is 0 Å². The topological polar surface area (TPSA) is 127 Å². The molecule has 0 aromatic carbocycles. The van der Waals surface area contributed by atoms with Gasteiger partial charge in [0.25, 0.3) is 0 Å². The van der Waals surface area contributed by atoms with Gasteiger partial charge in [0.1, 0.15) is 6.04 Å². The van der Waals surface area contributed by atoms with E-state index in [4.69, 9.17) is 5.11 Å². The van der Waals surface area contributed by atoms with E-state index in [9.17, 15) is 9.35 Å². The number of H-pyrrole nitrogens is 1. The molecule has 1 aromatic rings. The normalized spacial score (nSPS) is 11.6. The number of carboxylic acid groups (broad SMARTS) is 1. The molecule has 0 amide bonds. The summed E-state index contributed by atoms with van der Waals surface area (Å²) in [7, 11) is 0. The number of hydrogen-bond donors (Lipinski definition) is 4. The predicted molar refractivity (Wildman–Crippen MR) is 63.1 cm³/mol. The lowest BCUT2D eigenvalue weighted by Gasteiger charge is -2.08. The molecule has 16 heavy (non-hydrogen) atoms. The molecule has 0 aliphatic heterocycles.